The molecule has 2 aromatic rings. The van der Waals surface area contributed by atoms with Crippen LogP contribution in [0.3, 0.4) is 0 Å². The van der Waals surface area contributed by atoms with Crippen molar-refractivity contribution in [1.29, 1.82) is 0 Å². The molecule has 0 saturated carbocycles. The molecule has 0 saturated heterocycles. The van der Waals surface area contributed by atoms with Crippen molar-refractivity contribution in [3.05, 3.63) is 40.4 Å². The average molecular weight is 258 g/mol. The number of benzene rings is 1. The molecule has 0 N–H and O–H groups in total. The van der Waals surface area contributed by atoms with Gasteiger partial charge in [-0.1, -0.05) is 35.2 Å². The molecule has 1 aromatic heterocycles. The van der Waals surface area contributed by atoms with Gasteiger partial charge in [-0.3, -0.25) is 0 Å². The molecule has 0 aliphatic carbocycles. The van der Waals surface area contributed by atoms with Crippen molar-refractivity contribution >= 4 is 23.1 Å². The molecule has 0 amide bonds. The Hall–Kier alpha value is -1.01. The normalized spacial score (nSPS) is 10.7. The van der Waals surface area contributed by atoms with Gasteiger partial charge < -0.3 is 0 Å². The molecule has 1 heterocycles. The Balaban J connectivity index is 2.07. The maximum absolute atomic E-state index is 13.3. The number of aryl methyl sites for hydroxylation is 1. The van der Waals surface area contributed by atoms with Crippen LogP contribution in [0.5, 0.6) is 0 Å². The minimum Gasteiger partial charge on any atom is -0.204 e. The van der Waals surface area contributed by atoms with Crippen LogP contribution in [-0.2, 0) is 5.75 Å². The summed E-state index contributed by atoms with van der Waals surface area (Å²) >= 11 is 2.80. The van der Waals surface area contributed by atoms with E-state index in [-0.39, 0.29) is 0 Å². The van der Waals surface area contributed by atoms with Gasteiger partial charge in [-0.2, -0.15) is 0 Å². The van der Waals surface area contributed by atoms with E-state index in [1.165, 1.54) is 29.2 Å². The van der Waals surface area contributed by atoms with Gasteiger partial charge in [0.15, 0.2) is 16.0 Å². The minimum absolute atomic E-state index is 0.345. The Labute approximate surface area is 99.7 Å². The molecule has 0 unspecified atom stereocenters. The van der Waals surface area contributed by atoms with Crippen molar-refractivity contribution in [3.8, 4) is 0 Å². The zero-order valence-electron chi connectivity index (χ0n) is 8.41. The first-order chi connectivity index (χ1) is 7.66. The van der Waals surface area contributed by atoms with Crippen molar-refractivity contribution in [2.24, 2.45) is 0 Å². The summed E-state index contributed by atoms with van der Waals surface area (Å²) in [6, 6.07) is 4.18. The van der Waals surface area contributed by atoms with Crippen LogP contribution in [-0.4, -0.2) is 10.2 Å². The molecule has 6 heteroatoms. The van der Waals surface area contributed by atoms with Crippen molar-refractivity contribution in [3.63, 3.8) is 0 Å². The van der Waals surface area contributed by atoms with Crippen molar-refractivity contribution in [2.45, 2.75) is 17.0 Å². The highest BCUT2D eigenvalue weighted by molar-refractivity contribution is 8.00. The summed E-state index contributed by atoms with van der Waals surface area (Å²) in [6.45, 7) is 1.85. The highest BCUT2D eigenvalue weighted by Crippen LogP contribution is 2.26. The fourth-order valence-electron chi connectivity index (χ4n) is 1.14. The first-order valence-electron chi connectivity index (χ1n) is 4.52. The Morgan fingerprint density at radius 2 is 2.12 bits per heavy atom. The maximum atomic E-state index is 13.3. The summed E-state index contributed by atoms with van der Waals surface area (Å²) in [5, 5.41) is 8.61. The molecule has 0 spiro atoms. The molecule has 84 valence electrons. The van der Waals surface area contributed by atoms with Crippen LogP contribution in [0.1, 0.15) is 10.6 Å². The molecule has 0 bridgehead atoms. The van der Waals surface area contributed by atoms with Gasteiger partial charge in [-0.25, -0.2) is 8.78 Å². The average Bonchev–Trinajstić information content (AvgIpc) is 2.67. The molecule has 0 aliphatic heterocycles. The Bertz CT molecular complexity index is 499. The summed E-state index contributed by atoms with van der Waals surface area (Å²) in [6.07, 6.45) is 0. The largest absolute Gasteiger partial charge is 0.204 e. The van der Waals surface area contributed by atoms with Crippen LogP contribution >= 0.6 is 23.1 Å². The highest BCUT2D eigenvalue weighted by atomic mass is 32.2. The van der Waals surface area contributed by atoms with Gasteiger partial charge in [0.2, 0.25) is 0 Å². The number of thioether (sulfide) groups is 1. The number of hydrogen-bond acceptors (Lipinski definition) is 4. The molecular weight excluding hydrogens is 250 g/mol. The smallest absolute Gasteiger partial charge is 0.174 e. The van der Waals surface area contributed by atoms with Crippen LogP contribution in [0.15, 0.2) is 22.5 Å². The Kier molecular flexibility index (Phi) is 3.50. The third-order valence-corrected chi connectivity index (χ3v) is 3.91. The van der Waals surface area contributed by atoms with Crippen LogP contribution in [0, 0.1) is 18.6 Å². The second-order valence-corrected chi connectivity index (χ2v) is 5.49. The van der Waals surface area contributed by atoms with Gasteiger partial charge in [0.25, 0.3) is 0 Å². The minimum atomic E-state index is -0.813. The lowest BCUT2D eigenvalue weighted by molar-refractivity contribution is 0.502. The lowest BCUT2D eigenvalue weighted by atomic mass is 10.2. The van der Waals surface area contributed by atoms with Crippen LogP contribution < -0.4 is 0 Å². The van der Waals surface area contributed by atoms with Crippen molar-refractivity contribution in [2.75, 3.05) is 0 Å². The summed E-state index contributed by atoms with van der Waals surface area (Å²) in [5.74, 6) is -1.24. The van der Waals surface area contributed by atoms with E-state index < -0.39 is 11.6 Å². The second-order valence-electron chi connectivity index (χ2n) is 3.09. The van der Waals surface area contributed by atoms with E-state index in [4.69, 9.17) is 0 Å². The van der Waals surface area contributed by atoms with Gasteiger partial charge in [-0.15, -0.1) is 10.2 Å². The molecule has 16 heavy (non-hydrogen) atoms. The highest BCUT2D eigenvalue weighted by Gasteiger charge is 2.09. The van der Waals surface area contributed by atoms with E-state index in [0.29, 0.717) is 11.3 Å². The topological polar surface area (TPSA) is 25.8 Å². The predicted molar refractivity (Wildman–Crippen MR) is 60.6 cm³/mol. The van der Waals surface area contributed by atoms with Gasteiger partial charge >= 0.3 is 0 Å². The number of hydrogen-bond donors (Lipinski definition) is 0. The van der Waals surface area contributed by atoms with Crippen LogP contribution in [0.25, 0.3) is 0 Å². The summed E-state index contributed by atoms with van der Waals surface area (Å²) in [5.41, 5.74) is 0.345. The molecule has 0 aliphatic rings. The van der Waals surface area contributed by atoms with Gasteiger partial charge in [-0.05, 0) is 13.0 Å². The molecular formula is C10H8F2N2S2. The van der Waals surface area contributed by atoms with Gasteiger partial charge in [0.1, 0.15) is 5.01 Å². The molecule has 0 radical (unpaired) electrons. The van der Waals surface area contributed by atoms with Crippen LogP contribution in [0.4, 0.5) is 8.78 Å². The quantitative estimate of drug-likeness (QED) is 0.789. The number of nitrogens with zero attached hydrogens (tertiary/aromatic N) is 2. The first-order valence-corrected chi connectivity index (χ1v) is 6.33. The third-order valence-electron chi connectivity index (χ3n) is 1.89. The lowest BCUT2D eigenvalue weighted by Gasteiger charge is -2.01. The van der Waals surface area contributed by atoms with E-state index in [2.05, 4.69) is 10.2 Å². The van der Waals surface area contributed by atoms with E-state index >= 15 is 0 Å². The molecule has 1 aromatic carbocycles. The lowest BCUT2D eigenvalue weighted by Crippen LogP contribution is -1.91. The Morgan fingerprint density at radius 1 is 1.31 bits per heavy atom. The third kappa shape index (κ3) is 2.56. The standard InChI is InChI=1S/C10H8F2N2S2/c1-6-13-14-10(16-6)15-5-7-3-2-4-8(11)9(7)12/h2-4H,5H2,1H3. The summed E-state index contributed by atoms with van der Waals surface area (Å²) in [4.78, 5) is 0. The predicted octanol–water partition coefficient (Wildman–Crippen LogP) is 3.42. The Morgan fingerprint density at radius 3 is 2.81 bits per heavy atom. The first kappa shape index (κ1) is 11.5. The van der Waals surface area contributed by atoms with Crippen molar-refractivity contribution < 1.29 is 8.78 Å². The van der Waals surface area contributed by atoms with Crippen LogP contribution in [0.2, 0.25) is 0 Å². The SMILES string of the molecule is Cc1nnc(SCc2cccc(F)c2F)s1. The molecule has 2 nitrogen and oxygen atoms in total. The number of rotatable bonds is 3. The summed E-state index contributed by atoms with van der Waals surface area (Å²) < 4.78 is 27.0. The van der Waals surface area contributed by atoms with E-state index in [1.54, 1.807) is 6.07 Å². The molecule has 2 rings (SSSR count). The monoisotopic (exact) mass is 258 g/mol. The zero-order chi connectivity index (χ0) is 11.5. The van der Waals surface area contributed by atoms with E-state index in [0.717, 1.165) is 15.4 Å². The zero-order valence-corrected chi connectivity index (χ0v) is 10.0. The molecule has 0 atom stereocenters. The fraction of sp³-hybridized carbons (Fsp3) is 0.200. The maximum Gasteiger partial charge on any atom is 0.174 e. The van der Waals surface area contributed by atoms with E-state index in [1.807, 2.05) is 6.92 Å². The van der Waals surface area contributed by atoms with Crippen molar-refractivity contribution in [1.82, 2.24) is 10.2 Å². The second kappa shape index (κ2) is 4.88. The van der Waals surface area contributed by atoms with Gasteiger partial charge in [0.05, 0.1) is 0 Å². The van der Waals surface area contributed by atoms with E-state index in [9.17, 15) is 8.78 Å². The van der Waals surface area contributed by atoms with Gasteiger partial charge in [0, 0.05) is 11.3 Å². The molecule has 0 fully saturated rings. The fourth-order valence-corrected chi connectivity index (χ4v) is 2.93. The number of halogens is 2. The number of aromatic nitrogens is 2. The summed E-state index contributed by atoms with van der Waals surface area (Å²) in [7, 11) is 0.